The van der Waals surface area contributed by atoms with Gasteiger partial charge in [-0.05, 0) is 44.7 Å². The minimum Gasteiger partial charge on any atom is -0.456 e. The van der Waals surface area contributed by atoms with Crippen molar-refractivity contribution >= 4 is 52.3 Å². The number of aromatic nitrogens is 1. The Hall–Kier alpha value is -3.12. The first kappa shape index (κ1) is 29.1. The van der Waals surface area contributed by atoms with Crippen molar-refractivity contribution in [1.29, 1.82) is 0 Å². The molecule has 0 aromatic carbocycles. The third-order valence-electron chi connectivity index (χ3n) is 4.89. The molecule has 3 amide bonds. The van der Waals surface area contributed by atoms with Crippen molar-refractivity contribution in [3.63, 3.8) is 0 Å². The number of pyridine rings is 1. The van der Waals surface area contributed by atoms with Gasteiger partial charge >= 0.3 is 5.97 Å². The number of rotatable bonds is 5. The van der Waals surface area contributed by atoms with Crippen molar-refractivity contribution in [2.45, 2.75) is 57.2 Å². The van der Waals surface area contributed by atoms with Gasteiger partial charge in [0.1, 0.15) is 23.5 Å². The van der Waals surface area contributed by atoms with E-state index in [-0.39, 0.29) is 29.5 Å². The molecule has 1 aromatic rings. The van der Waals surface area contributed by atoms with Gasteiger partial charge in [-0.1, -0.05) is 23.9 Å². The number of fused-ring (bicyclic) bond motifs is 2. The van der Waals surface area contributed by atoms with Crippen LogP contribution in [-0.4, -0.2) is 57.9 Å². The fraction of sp³-hybridized carbons (Fsp3) is 0.417. The molecule has 0 unspecified atom stereocenters. The minimum atomic E-state index is -1.05. The number of amides is 3. The maximum atomic E-state index is 12.9. The molecule has 2 atom stereocenters. The average molecular weight is 535 g/mol. The Labute approximate surface area is 218 Å². The molecule has 2 rings (SSSR count). The zero-order valence-corrected chi connectivity index (χ0v) is 22.2. The van der Waals surface area contributed by atoms with E-state index in [1.807, 2.05) is 0 Å². The van der Waals surface area contributed by atoms with Crippen molar-refractivity contribution in [1.82, 2.24) is 20.9 Å². The molecule has 0 fully saturated rings. The Morgan fingerprint density at radius 1 is 1.22 bits per heavy atom. The van der Waals surface area contributed by atoms with E-state index in [2.05, 4.69) is 20.9 Å². The molecule has 2 heterocycles. The molecular formula is C24H30N4O6S2. The van der Waals surface area contributed by atoms with Gasteiger partial charge in [-0.25, -0.2) is 9.78 Å². The molecule has 36 heavy (non-hydrogen) atoms. The van der Waals surface area contributed by atoms with Crippen molar-refractivity contribution < 1.29 is 28.7 Å². The van der Waals surface area contributed by atoms with Crippen LogP contribution in [0.2, 0.25) is 0 Å². The Morgan fingerprint density at radius 3 is 2.64 bits per heavy atom. The van der Waals surface area contributed by atoms with Gasteiger partial charge in [0.15, 0.2) is 5.12 Å². The first-order valence-electron chi connectivity index (χ1n) is 11.2. The normalized spacial score (nSPS) is 21.1. The van der Waals surface area contributed by atoms with Crippen molar-refractivity contribution in [2.75, 3.05) is 12.0 Å². The van der Waals surface area contributed by atoms with Crippen LogP contribution in [0.3, 0.4) is 0 Å². The van der Waals surface area contributed by atoms with E-state index < -0.39 is 35.8 Å². The Bertz CT molecular complexity index is 1070. The van der Waals surface area contributed by atoms with Crippen LogP contribution in [0.25, 0.3) is 0 Å². The fourth-order valence-electron chi connectivity index (χ4n) is 3.05. The summed E-state index contributed by atoms with van der Waals surface area (Å²) in [5.74, 6) is -1.84. The van der Waals surface area contributed by atoms with Crippen LogP contribution in [0.4, 0.5) is 0 Å². The lowest BCUT2D eigenvalue weighted by Gasteiger charge is -2.20. The van der Waals surface area contributed by atoms with Gasteiger partial charge in [-0.3, -0.25) is 19.2 Å². The molecule has 0 aliphatic carbocycles. The van der Waals surface area contributed by atoms with Crippen LogP contribution in [0.1, 0.15) is 49.8 Å². The average Bonchev–Trinajstić information content (AvgIpc) is 2.84. The summed E-state index contributed by atoms with van der Waals surface area (Å²) in [7, 11) is 0. The van der Waals surface area contributed by atoms with E-state index in [4.69, 9.17) is 4.74 Å². The minimum absolute atomic E-state index is 0.00231. The zero-order chi connectivity index (χ0) is 26.7. The lowest BCUT2D eigenvalue weighted by molar-refractivity contribution is -0.151. The van der Waals surface area contributed by atoms with Gasteiger partial charge in [0.05, 0.1) is 18.7 Å². The van der Waals surface area contributed by atoms with E-state index in [1.165, 1.54) is 43.4 Å². The summed E-state index contributed by atoms with van der Waals surface area (Å²) in [4.78, 5) is 66.9. The van der Waals surface area contributed by atoms with Crippen LogP contribution >= 0.6 is 23.5 Å². The zero-order valence-electron chi connectivity index (χ0n) is 20.6. The van der Waals surface area contributed by atoms with E-state index in [0.29, 0.717) is 22.8 Å². The fourth-order valence-corrected chi connectivity index (χ4v) is 4.13. The highest BCUT2D eigenvalue weighted by Gasteiger charge is 2.25. The molecule has 0 spiro atoms. The number of nitrogens with one attached hydrogen (secondary N) is 3. The number of esters is 1. The molecule has 2 bridgehead atoms. The highest BCUT2D eigenvalue weighted by Crippen LogP contribution is 2.20. The van der Waals surface area contributed by atoms with Crippen LogP contribution < -0.4 is 16.0 Å². The van der Waals surface area contributed by atoms with Crippen molar-refractivity contribution in [3.05, 3.63) is 47.4 Å². The van der Waals surface area contributed by atoms with Crippen LogP contribution in [-0.2, 0) is 30.5 Å². The SMILES string of the molecule is C/C=C1\NC(=O)c2nc(ccc2SC)CNC(=O)C[C@@H](/C=C/CCSC(C)=O)OC(=O)[C@@H](C)NC1=O. The monoisotopic (exact) mass is 534 g/mol. The number of cyclic esters (lactones) is 1. The van der Waals surface area contributed by atoms with E-state index >= 15 is 0 Å². The van der Waals surface area contributed by atoms with Gasteiger partial charge in [0.2, 0.25) is 5.91 Å². The second-order valence-corrected chi connectivity index (χ2v) is 9.84. The van der Waals surface area contributed by atoms with Gasteiger partial charge in [-0.2, -0.15) is 0 Å². The van der Waals surface area contributed by atoms with Crippen molar-refractivity contribution in [3.8, 4) is 0 Å². The van der Waals surface area contributed by atoms with Crippen LogP contribution in [0.5, 0.6) is 0 Å². The summed E-state index contributed by atoms with van der Waals surface area (Å²) in [6.45, 7) is 4.56. The molecule has 10 nitrogen and oxygen atoms in total. The molecule has 1 aliphatic heterocycles. The number of ether oxygens (including phenoxy) is 1. The summed E-state index contributed by atoms with van der Waals surface area (Å²) in [6, 6.07) is 2.37. The highest BCUT2D eigenvalue weighted by atomic mass is 32.2. The van der Waals surface area contributed by atoms with Gasteiger partial charge in [-0.15, -0.1) is 11.8 Å². The van der Waals surface area contributed by atoms with Gasteiger partial charge < -0.3 is 20.7 Å². The number of hydrogen-bond donors (Lipinski definition) is 3. The quantitative estimate of drug-likeness (QED) is 0.170. The van der Waals surface area contributed by atoms with E-state index in [1.54, 1.807) is 37.5 Å². The molecule has 12 heteroatoms. The summed E-state index contributed by atoms with van der Waals surface area (Å²) in [5.41, 5.74) is 0.521. The van der Waals surface area contributed by atoms with Gasteiger partial charge in [0, 0.05) is 17.6 Å². The maximum Gasteiger partial charge on any atom is 0.328 e. The molecule has 1 aliphatic rings. The standard InChI is InChI=1S/C24H30N4O6S2/c1-5-18-22(31)26-14(2)24(33)34-17(8-6-7-11-36-15(3)29)12-20(30)25-13-16-9-10-19(35-4)21(27-16)23(32)28-18/h5-6,8-10,14,17H,7,11-13H2,1-4H3,(H,25,30)(H,26,31)(H,28,32)/b8-6+,18-5-/t14-,17-/m1/s1. The largest absolute Gasteiger partial charge is 0.456 e. The summed E-state index contributed by atoms with van der Waals surface area (Å²) in [5, 5.41) is 7.77. The second-order valence-electron chi connectivity index (χ2n) is 7.72. The molecule has 0 saturated heterocycles. The molecule has 0 radical (unpaired) electrons. The molecule has 194 valence electrons. The van der Waals surface area contributed by atoms with E-state index in [9.17, 15) is 24.0 Å². The predicted octanol–water partition coefficient (Wildman–Crippen LogP) is 2.10. The number of thioether (sulfide) groups is 2. The smallest absolute Gasteiger partial charge is 0.328 e. The molecule has 0 saturated carbocycles. The number of carbonyl (C=O) groups is 5. The maximum absolute atomic E-state index is 12.9. The van der Waals surface area contributed by atoms with Crippen LogP contribution in [0.15, 0.2) is 41.0 Å². The number of nitrogens with zero attached hydrogens (tertiary/aromatic N) is 1. The summed E-state index contributed by atoms with van der Waals surface area (Å²) >= 11 is 2.50. The van der Waals surface area contributed by atoms with E-state index in [0.717, 1.165) is 0 Å². The highest BCUT2D eigenvalue weighted by molar-refractivity contribution is 8.13. The third-order valence-corrected chi connectivity index (χ3v) is 6.51. The number of hydrogen-bond acceptors (Lipinski definition) is 9. The van der Waals surface area contributed by atoms with Crippen molar-refractivity contribution in [2.24, 2.45) is 0 Å². The molecule has 1 aromatic heterocycles. The predicted molar refractivity (Wildman–Crippen MR) is 138 cm³/mol. The second kappa shape index (κ2) is 14.4. The molecule has 3 N–H and O–H groups in total. The Balaban J connectivity index is 2.32. The summed E-state index contributed by atoms with van der Waals surface area (Å²) in [6.07, 6.45) is 6.06. The third kappa shape index (κ3) is 9.15. The van der Waals surface area contributed by atoms with Gasteiger partial charge in [0.25, 0.3) is 11.8 Å². The Kier molecular flexibility index (Phi) is 11.7. The number of allylic oxidation sites excluding steroid dienone is 2. The number of carbonyl (C=O) groups excluding carboxylic acids is 5. The lowest BCUT2D eigenvalue weighted by Crippen LogP contribution is -2.44. The molecular weight excluding hydrogens is 504 g/mol. The first-order valence-corrected chi connectivity index (χ1v) is 13.4. The lowest BCUT2D eigenvalue weighted by atomic mass is 10.2. The van der Waals surface area contributed by atoms with Crippen LogP contribution in [0, 0.1) is 0 Å². The topological polar surface area (TPSA) is 144 Å². The summed E-state index contributed by atoms with van der Waals surface area (Å²) < 4.78 is 5.47. The first-order chi connectivity index (χ1) is 17.1. The Morgan fingerprint density at radius 2 is 1.97 bits per heavy atom.